The summed E-state index contributed by atoms with van der Waals surface area (Å²) in [5.74, 6) is -1.14. The first-order valence-electron chi connectivity index (χ1n) is 9.33. The molecular formula is C20H22BrNO8S. The number of benzene rings is 1. The molecule has 0 bridgehead atoms. The van der Waals surface area contributed by atoms with Crippen molar-refractivity contribution in [3.05, 3.63) is 27.1 Å². The fraction of sp³-hybridized carbons (Fsp3) is 0.400. The predicted molar refractivity (Wildman–Crippen MR) is 117 cm³/mol. The van der Waals surface area contributed by atoms with Crippen molar-refractivity contribution in [1.82, 2.24) is 4.90 Å². The van der Waals surface area contributed by atoms with Crippen molar-refractivity contribution in [2.24, 2.45) is 0 Å². The molecule has 0 unspecified atom stereocenters. The maximum atomic E-state index is 12.8. The number of hydrogen-bond acceptors (Lipinski definition) is 9. The monoisotopic (exact) mass is 515 g/mol. The minimum absolute atomic E-state index is 0.146. The van der Waals surface area contributed by atoms with Gasteiger partial charge in [-0.3, -0.25) is 14.5 Å². The predicted octanol–water partition coefficient (Wildman–Crippen LogP) is 3.39. The van der Waals surface area contributed by atoms with Crippen molar-refractivity contribution in [3.63, 3.8) is 0 Å². The Kier molecular flexibility index (Phi) is 8.93. The van der Waals surface area contributed by atoms with E-state index in [-0.39, 0.29) is 18.1 Å². The third-order valence-corrected chi connectivity index (χ3v) is 5.63. The average molecular weight is 516 g/mol. The molecule has 1 aromatic carbocycles. The molecular weight excluding hydrogens is 494 g/mol. The number of hydrogen-bond donors (Lipinski definition) is 0. The van der Waals surface area contributed by atoms with Crippen molar-refractivity contribution < 1.29 is 38.1 Å². The highest BCUT2D eigenvalue weighted by Gasteiger charge is 2.41. The van der Waals surface area contributed by atoms with E-state index in [0.717, 1.165) is 16.7 Å². The van der Waals surface area contributed by atoms with Crippen LogP contribution in [0, 0.1) is 0 Å². The molecule has 168 valence electrons. The van der Waals surface area contributed by atoms with Crippen LogP contribution in [0.2, 0.25) is 0 Å². The van der Waals surface area contributed by atoms with Crippen LogP contribution in [-0.2, 0) is 23.9 Å². The Bertz CT molecular complexity index is 917. The van der Waals surface area contributed by atoms with Gasteiger partial charge in [-0.1, -0.05) is 15.9 Å². The van der Waals surface area contributed by atoms with E-state index >= 15 is 0 Å². The third kappa shape index (κ3) is 6.01. The summed E-state index contributed by atoms with van der Waals surface area (Å²) in [7, 11) is 1.25. The van der Waals surface area contributed by atoms with Crippen LogP contribution in [0.4, 0.5) is 4.79 Å². The molecule has 1 atom stereocenters. The largest absolute Gasteiger partial charge is 0.490 e. The molecule has 0 aromatic heterocycles. The zero-order chi connectivity index (χ0) is 23.1. The topological polar surface area (TPSA) is 108 Å². The zero-order valence-corrected chi connectivity index (χ0v) is 19.8. The quantitative estimate of drug-likeness (QED) is 0.361. The molecule has 2 rings (SSSR count). The number of methoxy groups -OCH3 is 1. The van der Waals surface area contributed by atoms with E-state index in [2.05, 4.69) is 20.7 Å². The minimum atomic E-state index is -1.03. The van der Waals surface area contributed by atoms with Crippen LogP contribution in [0.15, 0.2) is 21.5 Å². The van der Waals surface area contributed by atoms with Crippen molar-refractivity contribution in [1.29, 1.82) is 0 Å². The van der Waals surface area contributed by atoms with Gasteiger partial charge in [-0.15, -0.1) is 0 Å². The van der Waals surface area contributed by atoms with Crippen LogP contribution < -0.4 is 9.47 Å². The van der Waals surface area contributed by atoms with Crippen LogP contribution in [0.5, 0.6) is 11.5 Å². The van der Waals surface area contributed by atoms with Gasteiger partial charge >= 0.3 is 11.9 Å². The Morgan fingerprint density at radius 3 is 2.45 bits per heavy atom. The summed E-state index contributed by atoms with van der Waals surface area (Å²) in [6, 6.07) is 2.17. The maximum Gasteiger partial charge on any atom is 0.343 e. The lowest BCUT2D eigenvalue weighted by Crippen LogP contribution is -2.42. The molecule has 1 fully saturated rings. The van der Waals surface area contributed by atoms with Gasteiger partial charge in [0, 0.05) is 4.47 Å². The van der Waals surface area contributed by atoms with E-state index in [0.29, 0.717) is 28.1 Å². The van der Waals surface area contributed by atoms with Crippen LogP contribution >= 0.6 is 27.7 Å². The van der Waals surface area contributed by atoms with Crippen molar-refractivity contribution in [2.75, 3.05) is 26.9 Å². The first-order chi connectivity index (χ1) is 14.7. The third-order valence-electron chi connectivity index (χ3n) is 4.06. The van der Waals surface area contributed by atoms with Gasteiger partial charge in [-0.25, -0.2) is 9.59 Å². The second-order valence-corrected chi connectivity index (χ2v) is 7.95. The molecule has 11 heteroatoms. The van der Waals surface area contributed by atoms with Gasteiger partial charge in [0.1, 0.15) is 6.04 Å². The average Bonchev–Trinajstić information content (AvgIpc) is 3.01. The molecule has 1 saturated heterocycles. The molecule has 0 saturated carbocycles. The van der Waals surface area contributed by atoms with Gasteiger partial charge in [0.2, 0.25) is 0 Å². The first kappa shape index (κ1) is 24.7. The number of thioether (sulfide) groups is 1. The van der Waals surface area contributed by atoms with Crippen LogP contribution in [0.25, 0.3) is 6.08 Å². The first-order valence-corrected chi connectivity index (χ1v) is 10.9. The maximum absolute atomic E-state index is 12.8. The summed E-state index contributed by atoms with van der Waals surface area (Å²) in [6.45, 7) is 5.05. The summed E-state index contributed by atoms with van der Waals surface area (Å²) in [5.41, 5.74) is 0.545. The molecule has 9 nitrogen and oxygen atoms in total. The molecule has 31 heavy (non-hydrogen) atoms. The van der Waals surface area contributed by atoms with Gasteiger partial charge in [0.25, 0.3) is 11.1 Å². The molecule has 1 heterocycles. The van der Waals surface area contributed by atoms with Crippen LogP contribution in [-0.4, -0.2) is 61.0 Å². The van der Waals surface area contributed by atoms with E-state index < -0.39 is 29.1 Å². The number of rotatable bonds is 9. The number of ether oxygens (including phenoxy) is 4. The molecule has 1 aliphatic rings. The van der Waals surface area contributed by atoms with E-state index in [4.69, 9.17) is 14.2 Å². The summed E-state index contributed by atoms with van der Waals surface area (Å²) in [4.78, 5) is 49.4. The second kappa shape index (κ2) is 11.2. The minimum Gasteiger partial charge on any atom is -0.490 e. The normalized spacial score (nSPS) is 15.8. The van der Waals surface area contributed by atoms with E-state index in [1.165, 1.54) is 20.1 Å². The number of nitrogens with zero attached hydrogens (tertiary/aromatic N) is 1. The highest BCUT2D eigenvalue weighted by atomic mass is 79.9. The van der Waals surface area contributed by atoms with Crippen molar-refractivity contribution >= 4 is 56.9 Å². The van der Waals surface area contributed by atoms with Crippen molar-refractivity contribution in [3.8, 4) is 11.5 Å². The highest BCUT2D eigenvalue weighted by molar-refractivity contribution is 9.10. The van der Waals surface area contributed by atoms with Crippen molar-refractivity contribution in [2.45, 2.75) is 26.8 Å². The van der Waals surface area contributed by atoms with Crippen LogP contribution in [0.3, 0.4) is 0 Å². The molecule has 2 amide bonds. The van der Waals surface area contributed by atoms with E-state index in [1.54, 1.807) is 26.0 Å². The highest BCUT2D eigenvalue weighted by Crippen LogP contribution is 2.38. The Morgan fingerprint density at radius 1 is 1.16 bits per heavy atom. The number of carbonyl (C=O) groups excluding carboxylic acids is 4. The molecule has 1 aliphatic heterocycles. The summed E-state index contributed by atoms with van der Waals surface area (Å²) >= 11 is 4.12. The SMILES string of the molecule is CCOC(=O)[C@H](C)N1C(=O)S/C(=C/c2cc(OCC)c(OCC(=O)OC)cc2Br)C1=O. The Labute approximate surface area is 192 Å². The standard InChI is InChI=1S/C20H22BrNO8S/c1-5-28-14-7-12(13(21)9-15(14)30-10-17(23)27-4)8-16-18(24)22(20(26)31-16)11(3)19(25)29-6-2/h7-9,11H,5-6,10H2,1-4H3/b16-8+/t11-/m0/s1. The van der Waals surface area contributed by atoms with Gasteiger partial charge in [0.15, 0.2) is 18.1 Å². The molecule has 0 N–H and O–H groups in total. The van der Waals surface area contributed by atoms with Gasteiger partial charge in [0.05, 0.1) is 25.2 Å². The second-order valence-electron chi connectivity index (χ2n) is 6.10. The molecule has 0 spiro atoms. The van der Waals surface area contributed by atoms with E-state index in [1.807, 2.05) is 0 Å². The lowest BCUT2D eigenvalue weighted by Gasteiger charge is -2.19. The number of amides is 2. The summed E-state index contributed by atoms with van der Waals surface area (Å²) in [5, 5.41) is -0.559. The molecule has 0 radical (unpaired) electrons. The summed E-state index contributed by atoms with van der Waals surface area (Å²) < 4.78 is 21.0. The number of esters is 2. The lowest BCUT2D eigenvalue weighted by molar-refractivity contribution is -0.150. The number of carbonyl (C=O) groups is 4. The van der Waals surface area contributed by atoms with E-state index in [9.17, 15) is 19.2 Å². The number of halogens is 1. The fourth-order valence-corrected chi connectivity index (χ4v) is 3.90. The lowest BCUT2D eigenvalue weighted by atomic mass is 10.1. The Morgan fingerprint density at radius 2 is 1.84 bits per heavy atom. The Hall–Kier alpha value is -2.53. The van der Waals surface area contributed by atoms with Gasteiger partial charge < -0.3 is 18.9 Å². The van der Waals surface area contributed by atoms with Gasteiger partial charge in [-0.05, 0) is 56.3 Å². The summed E-state index contributed by atoms with van der Waals surface area (Å²) in [6.07, 6.45) is 1.51. The molecule has 0 aliphatic carbocycles. The fourth-order valence-electron chi connectivity index (χ4n) is 2.56. The van der Waals surface area contributed by atoms with Gasteiger partial charge in [-0.2, -0.15) is 0 Å². The number of imide groups is 1. The Balaban J connectivity index is 2.32. The smallest absolute Gasteiger partial charge is 0.343 e. The van der Waals surface area contributed by atoms with Crippen LogP contribution in [0.1, 0.15) is 26.3 Å². The molecule has 1 aromatic rings. The zero-order valence-electron chi connectivity index (χ0n) is 17.4.